The van der Waals surface area contributed by atoms with E-state index in [-0.39, 0.29) is 37.6 Å². The Morgan fingerprint density at radius 1 is 0.583 bits per heavy atom. The van der Waals surface area contributed by atoms with E-state index in [2.05, 4.69) is 9.97 Å². The minimum atomic E-state index is -0.707. The first-order valence-electron chi connectivity index (χ1n) is 10.9. The fourth-order valence-electron chi connectivity index (χ4n) is 3.10. The van der Waals surface area contributed by atoms with Crippen LogP contribution in [0.1, 0.15) is 21.0 Å². The lowest BCUT2D eigenvalue weighted by atomic mass is 10.2. The fraction of sp³-hybridized carbons (Fsp3) is 0.727. The molecule has 36 heavy (non-hydrogen) atoms. The van der Waals surface area contributed by atoms with Crippen molar-refractivity contribution in [2.45, 2.75) is 25.2 Å². The van der Waals surface area contributed by atoms with E-state index < -0.39 is 37.0 Å². The Morgan fingerprint density at radius 3 is 1.06 bits per heavy atom. The van der Waals surface area contributed by atoms with E-state index in [0.29, 0.717) is 0 Å². The van der Waals surface area contributed by atoms with Gasteiger partial charge in [0.1, 0.15) is 17.7 Å². The largest absolute Gasteiger partial charge is 0.354 e. The lowest BCUT2D eigenvalue weighted by Crippen LogP contribution is -2.45. The average molecular weight is 519 g/mol. The molecule has 0 N–H and O–H groups in total. The second kappa shape index (κ2) is 17.2. The van der Waals surface area contributed by atoms with Crippen molar-refractivity contribution >= 4 is 11.8 Å². The number of rotatable bonds is 18. The Hall–Kier alpha value is -2.30. The van der Waals surface area contributed by atoms with Crippen molar-refractivity contribution in [1.29, 1.82) is 0 Å². The fourth-order valence-corrected chi connectivity index (χ4v) is 3.10. The Labute approximate surface area is 211 Å². The van der Waals surface area contributed by atoms with Crippen LogP contribution in [-0.4, -0.2) is 140 Å². The van der Waals surface area contributed by atoms with Crippen LogP contribution in [0.25, 0.3) is 0 Å². The summed E-state index contributed by atoms with van der Waals surface area (Å²) in [7, 11) is 11.6. The van der Waals surface area contributed by atoms with Gasteiger partial charge in [-0.3, -0.25) is 9.59 Å². The maximum absolute atomic E-state index is 13.4. The summed E-state index contributed by atoms with van der Waals surface area (Å²) in [6.45, 7) is 0.227. The van der Waals surface area contributed by atoms with Crippen molar-refractivity contribution in [3.05, 3.63) is 23.8 Å². The van der Waals surface area contributed by atoms with Crippen LogP contribution in [0.15, 0.2) is 12.4 Å². The molecular weight excluding hydrogens is 480 g/mol. The number of methoxy groups -OCH3 is 8. The summed E-state index contributed by atoms with van der Waals surface area (Å²) in [6.07, 6.45) is -1.69. The molecule has 0 saturated heterocycles. The molecule has 0 aliphatic rings. The summed E-state index contributed by atoms with van der Waals surface area (Å²) in [6, 6.07) is 1.30. The highest BCUT2D eigenvalue weighted by molar-refractivity contribution is 5.97. The quantitative estimate of drug-likeness (QED) is 0.238. The topological polar surface area (TPSA) is 140 Å². The minimum Gasteiger partial charge on any atom is -0.354 e. The number of carbonyl (C=O) groups is 2. The van der Waals surface area contributed by atoms with Crippen LogP contribution in [0.2, 0.25) is 0 Å². The lowest BCUT2D eigenvalue weighted by Gasteiger charge is -2.29. The molecule has 2 amide bonds. The van der Waals surface area contributed by atoms with Gasteiger partial charge in [-0.1, -0.05) is 0 Å². The molecule has 0 fully saturated rings. The molecule has 0 bridgehead atoms. The molecule has 1 rings (SSSR count). The Balaban J connectivity index is 3.27. The molecule has 0 aliphatic heterocycles. The zero-order chi connectivity index (χ0) is 27.1. The molecule has 0 atom stereocenters. The van der Waals surface area contributed by atoms with Gasteiger partial charge in [0.15, 0.2) is 25.2 Å². The van der Waals surface area contributed by atoms with E-state index >= 15 is 0 Å². The SMILES string of the molecule is COC(CN(CC(OC)OC)C(=O)c1cc(C(=O)N(CC(OC)OC)CC(OC)OC)ncn1)OC. The minimum absolute atomic E-state index is 0.0183. The zero-order valence-corrected chi connectivity index (χ0v) is 22.2. The van der Waals surface area contributed by atoms with Gasteiger partial charge < -0.3 is 47.7 Å². The second-order valence-corrected chi connectivity index (χ2v) is 7.31. The van der Waals surface area contributed by atoms with Crippen LogP contribution in [0.4, 0.5) is 0 Å². The van der Waals surface area contributed by atoms with Crippen LogP contribution in [-0.2, 0) is 37.9 Å². The van der Waals surface area contributed by atoms with Crippen molar-refractivity contribution in [3.63, 3.8) is 0 Å². The molecule has 0 aliphatic carbocycles. The number of ether oxygens (including phenoxy) is 8. The molecule has 1 heterocycles. The average Bonchev–Trinajstić information content (AvgIpc) is 2.92. The monoisotopic (exact) mass is 518 g/mol. The maximum Gasteiger partial charge on any atom is 0.272 e. The lowest BCUT2D eigenvalue weighted by molar-refractivity contribution is -0.137. The molecule has 0 saturated carbocycles. The van der Waals surface area contributed by atoms with E-state index in [4.69, 9.17) is 37.9 Å². The van der Waals surface area contributed by atoms with Gasteiger partial charge in [-0.25, -0.2) is 9.97 Å². The molecule has 0 radical (unpaired) electrons. The highest BCUT2D eigenvalue weighted by atomic mass is 16.7. The molecular formula is C22H38N4O10. The predicted octanol–water partition coefficient (Wildman–Crippen LogP) is -0.163. The number of hydrogen-bond acceptors (Lipinski definition) is 12. The molecule has 0 aromatic carbocycles. The summed E-state index contributed by atoms with van der Waals surface area (Å²) >= 11 is 0. The summed E-state index contributed by atoms with van der Waals surface area (Å²) in [5, 5.41) is 0. The van der Waals surface area contributed by atoms with Gasteiger partial charge in [0.2, 0.25) is 0 Å². The number of aromatic nitrogens is 2. The predicted molar refractivity (Wildman–Crippen MR) is 125 cm³/mol. The van der Waals surface area contributed by atoms with Gasteiger partial charge in [0.05, 0.1) is 26.2 Å². The molecule has 1 aromatic rings. The third kappa shape index (κ3) is 9.63. The van der Waals surface area contributed by atoms with Gasteiger partial charge in [0, 0.05) is 62.9 Å². The molecule has 0 spiro atoms. The Kier molecular flexibility index (Phi) is 15.2. The van der Waals surface area contributed by atoms with Crippen LogP contribution in [0, 0.1) is 0 Å². The summed E-state index contributed by atoms with van der Waals surface area (Å²) in [5.74, 6) is -1.01. The third-order valence-electron chi connectivity index (χ3n) is 5.26. The van der Waals surface area contributed by atoms with E-state index in [0.717, 1.165) is 6.33 Å². The molecule has 206 valence electrons. The van der Waals surface area contributed by atoms with Crippen molar-refractivity contribution in [3.8, 4) is 0 Å². The first-order valence-corrected chi connectivity index (χ1v) is 10.9. The molecule has 14 heteroatoms. The Morgan fingerprint density at radius 2 is 0.833 bits per heavy atom. The number of amides is 2. The molecule has 14 nitrogen and oxygen atoms in total. The van der Waals surface area contributed by atoms with Gasteiger partial charge >= 0.3 is 0 Å². The molecule has 1 aromatic heterocycles. The van der Waals surface area contributed by atoms with Gasteiger partial charge in [0.25, 0.3) is 11.8 Å². The van der Waals surface area contributed by atoms with E-state index in [1.165, 1.54) is 72.7 Å². The molecule has 0 unspecified atom stereocenters. The highest BCUT2D eigenvalue weighted by Gasteiger charge is 2.28. The smallest absolute Gasteiger partial charge is 0.272 e. The van der Waals surface area contributed by atoms with Crippen molar-refractivity contribution < 1.29 is 47.5 Å². The number of hydrogen-bond donors (Lipinski definition) is 0. The first kappa shape index (κ1) is 31.7. The normalized spacial score (nSPS) is 11.7. The van der Waals surface area contributed by atoms with E-state index in [9.17, 15) is 9.59 Å². The summed E-state index contributed by atoms with van der Waals surface area (Å²) < 4.78 is 41.9. The maximum atomic E-state index is 13.4. The van der Waals surface area contributed by atoms with Crippen LogP contribution in [0.5, 0.6) is 0 Å². The van der Waals surface area contributed by atoms with Crippen LogP contribution >= 0.6 is 0 Å². The summed E-state index contributed by atoms with van der Waals surface area (Å²) in [4.78, 5) is 37.7. The van der Waals surface area contributed by atoms with Crippen molar-refractivity contribution in [2.24, 2.45) is 0 Å². The van der Waals surface area contributed by atoms with Gasteiger partial charge in [-0.15, -0.1) is 0 Å². The summed E-state index contributed by atoms with van der Waals surface area (Å²) in [5.41, 5.74) is -0.0365. The van der Waals surface area contributed by atoms with Crippen molar-refractivity contribution in [1.82, 2.24) is 19.8 Å². The first-order chi connectivity index (χ1) is 17.3. The third-order valence-corrected chi connectivity index (χ3v) is 5.26. The second-order valence-electron chi connectivity index (χ2n) is 7.31. The Bertz CT molecular complexity index is 684. The standard InChI is InChI=1S/C22H38N4O10/c1-29-17(30-2)10-25(11-18(31-3)32-4)21(27)15-9-16(24-14-23-15)22(28)26(12-19(33-5)34-6)13-20(35-7)36-8/h9,14,17-20H,10-13H2,1-8H3. The van der Waals surface area contributed by atoms with E-state index in [1.54, 1.807) is 0 Å². The van der Waals surface area contributed by atoms with Gasteiger partial charge in [-0.2, -0.15) is 0 Å². The van der Waals surface area contributed by atoms with Crippen molar-refractivity contribution in [2.75, 3.05) is 83.1 Å². The number of nitrogens with zero attached hydrogens (tertiary/aromatic N) is 4. The zero-order valence-electron chi connectivity index (χ0n) is 22.2. The highest BCUT2D eigenvalue weighted by Crippen LogP contribution is 2.12. The van der Waals surface area contributed by atoms with Gasteiger partial charge in [-0.05, 0) is 0 Å². The van der Waals surface area contributed by atoms with Crippen LogP contribution < -0.4 is 0 Å². The van der Waals surface area contributed by atoms with Crippen LogP contribution in [0.3, 0.4) is 0 Å². The van der Waals surface area contributed by atoms with E-state index in [1.807, 2.05) is 0 Å². The number of carbonyl (C=O) groups excluding carboxylic acids is 2.